The fraction of sp³-hybridized carbons (Fsp3) is 0.579. The number of aryl methyl sites for hydroxylation is 1. The van der Waals surface area contributed by atoms with E-state index >= 15 is 0 Å². The van der Waals surface area contributed by atoms with Crippen molar-refractivity contribution in [2.24, 2.45) is 5.41 Å². The van der Waals surface area contributed by atoms with Gasteiger partial charge in [-0.25, -0.2) is 0 Å². The van der Waals surface area contributed by atoms with E-state index in [9.17, 15) is 4.79 Å². The van der Waals surface area contributed by atoms with Gasteiger partial charge in [0.1, 0.15) is 5.69 Å². The van der Waals surface area contributed by atoms with Crippen LogP contribution in [0.25, 0.3) is 11.4 Å². The molecule has 0 N–H and O–H groups in total. The van der Waals surface area contributed by atoms with Crippen LogP contribution in [-0.2, 0) is 11.3 Å². The molecule has 1 fully saturated rings. The van der Waals surface area contributed by atoms with Crippen molar-refractivity contribution in [1.82, 2.24) is 24.6 Å². The molecule has 1 atom stereocenters. The third-order valence-corrected chi connectivity index (χ3v) is 4.72. The maximum atomic E-state index is 12.7. The number of amides is 1. The van der Waals surface area contributed by atoms with E-state index in [1.165, 1.54) is 0 Å². The Kier molecular flexibility index (Phi) is 4.88. The van der Waals surface area contributed by atoms with Gasteiger partial charge in [-0.15, -0.1) is 0 Å². The lowest BCUT2D eigenvalue weighted by atomic mass is 9.89. The first-order valence-electron chi connectivity index (χ1n) is 9.04. The fourth-order valence-corrected chi connectivity index (χ4v) is 3.49. The lowest BCUT2D eigenvalue weighted by Crippen LogP contribution is -2.44. The number of piperidine rings is 1. The Hall–Kier alpha value is -2.24. The normalized spacial score (nSPS) is 18.4. The lowest BCUT2D eigenvalue weighted by molar-refractivity contribution is -0.140. The fourth-order valence-electron chi connectivity index (χ4n) is 3.49. The first kappa shape index (κ1) is 17.6. The Balaban J connectivity index is 1.91. The largest absolute Gasteiger partial charge is 0.342 e. The molecule has 1 saturated heterocycles. The van der Waals surface area contributed by atoms with Gasteiger partial charge in [-0.3, -0.25) is 19.4 Å². The minimum absolute atomic E-state index is 0.209. The highest BCUT2D eigenvalue weighted by Gasteiger charge is 2.33. The summed E-state index contributed by atoms with van der Waals surface area (Å²) in [6.07, 6.45) is 7.30. The second-order valence-corrected chi connectivity index (χ2v) is 7.66. The summed E-state index contributed by atoms with van der Waals surface area (Å²) in [5.74, 6) is 0.421. The van der Waals surface area contributed by atoms with E-state index in [1.807, 2.05) is 36.4 Å². The summed E-state index contributed by atoms with van der Waals surface area (Å²) in [5, 5.41) is 4.36. The number of aromatic nitrogens is 4. The molecule has 0 saturated carbocycles. The smallest absolute Gasteiger partial charge is 0.227 e. The summed E-state index contributed by atoms with van der Waals surface area (Å²) in [5.41, 5.74) is 2.50. The van der Waals surface area contributed by atoms with E-state index in [0.29, 0.717) is 6.54 Å². The van der Waals surface area contributed by atoms with Crippen LogP contribution in [0.5, 0.6) is 0 Å². The summed E-state index contributed by atoms with van der Waals surface area (Å²) in [4.78, 5) is 23.9. The Morgan fingerprint density at radius 3 is 2.72 bits per heavy atom. The highest BCUT2D eigenvalue weighted by molar-refractivity contribution is 5.81. The van der Waals surface area contributed by atoms with E-state index in [2.05, 4.69) is 22.0 Å². The molecule has 6 heteroatoms. The topological polar surface area (TPSA) is 63.9 Å². The zero-order valence-electron chi connectivity index (χ0n) is 15.6. The van der Waals surface area contributed by atoms with Crippen LogP contribution in [0.3, 0.4) is 0 Å². The lowest BCUT2D eigenvalue weighted by Gasteiger charge is -2.36. The maximum Gasteiger partial charge on any atom is 0.227 e. The van der Waals surface area contributed by atoms with Gasteiger partial charge in [0, 0.05) is 49.6 Å². The Bertz CT molecular complexity index is 746. The monoisotopic (exact) mass is 341 g/mol. The number of carbonyl (C=O) groups excluding carboxylic acids is 1. The van der Waals surface area contributed by atoms with Crippen molar-refractivity contribution in [3.05, 3.63) is 30.4 Å². The quantitative estimate of drug-likeness (QED) is 0.860. The predicted octanol–water partition coefficient (Wildman–Crippen LogP) is 3.11. The van der Waals surface area contributed by atoms with Crippen LogP contribution in [0, 0.1) is 5.41 Å². The standard InChI is InChI=1S/C19H27N5O/c1-5-24-15(8-9-22-24)17-16(20-10-11-21-17)14-7-6-12-23(13-14)18(25)19(2,3)4/h8-11,14H,5-7,12-13H2,1-4H3/t14-/m1/s1. The minimum atomic E-state index is -0.353. The molecule has 0 unspecified atom stereocenters. The third kappa shape index (κ3) is 3.57. The molecule has 1 aliphatic heterocycles. The zero-order valence-corrected chi connectivity index (χ0v) is 15.6. The van der Waals surface area contributed by atoms with Gasteiger partial charge in [0.15, 0.2) is 0 Å². The predicted molar refractivity (Wildman–Crippen MR) is 96.9 cm³/mol. The van der Waals surface area contributed by atoms with E-state index in [1.54, 1.807) is 18.6 Å². The molecule has 0 aliphatic carbocycles. The number of hydrogen-bond acceptors (Lipinski definition) is 4. The summed E-state index contributed by atoms with van der Waals surface area (Å²) < 4.78 is 1.94. The van der Waals surface area contributed by atoms with Crippen LogP contribution in [0.1, 0.15) is 52.1 Å². The van der Waals surface area contributed by atoms with Gasteiger partial charge < -0.3 is 4.90 Å². The molecular formula is C19H27N5O. The molecule has 0 bridgehead atoms. The molecule has 0 radical (unpaired) electrons. The van der Waals surface area contributed by atoms with Crippen LogP contribution < -0.4 is 0 Å². The molecule has 1 aliphatic rings. The van der Waals surface area contributed by atoms with Crippen molar-refractivity contribution in [2.45, 2.75) is 53.0 Å². The second kappa shape index (κ2) is 6.94. The van der Waals surface area contributed by atoms with Gasteiger partial charge in [-0.05, 0) is 25.8 Å². The first-order chi connectivity index (χ1) is 11.9. The minimum Gasteiger partial charge on any atom is -0.342 e. The van der Waals surface area contributed by atoms with Gasteiger partial charge in [-0.1, -0.05) is 20.8 Å². The van der Waals surface area contributed by atoms with Crippen molar-refractivity contribution >= 4 is 5.91 Å². The summed E-state index contributed by atoms with van der Waals surface area (Å²) in [6.45, 7) is 10.3. The van der Waals surface area contributed by atoms with E-state index in [0.717, 1.165) is 43.0 Å². The van der Waals surface area contributed by atoms with Crippen LogP contribution >= 0.6 is 0 Å². The molecule has 0 aromatic carbocycles. The molecule has 134 valence electrons. The highest BCUT2D eigenvalue weighted by Crippen LogP contribution is 2.33. The maximum absolute atomic E-state index is 12.7. The molecule has 6 nitrogen and oxygen atoms in total. The Morgan fingerprint density at radius 2 is 2.00 bits per heavy atom. The molecule has 2 aromatic heterocycles. The van der Waals surface area contributed by atoms with Gasteiger partial charge in [0.05, 0.1) is 11.4 Å². The molecule has 3 rings (SSSR count). The van der Waals surface area contributed by atoms with Gasteiger partial charge >= 0.3 is 0 Å². The summed E-state index contributed by atoms with van der Waals surface area (Å²) >= 11 is 0. The zero-order chi connectivity index (χ0) is 18.0. The molecule has 0 spiro atoms. The van der Waals surface area contributed by atoms with Crippen molar-refractivity contribution in [3.63, 3.8) is 0 Å². The van der Waals surface area contributed by atoms with Crippen molar-refractivity contribution in [1.29, 1.82) is 0 Å². The number of rotatable bonds is 3. The van der Waals surface area contributed by atoms with Crippen LogP contribution in [0.15, 0.2) is 24.7 Å². The first-order valence-corrected chi connectivity index (χ1v) is 9.04. The van der Waals surface area contributed by atoms with Crippen LogP contribution in [0.4, 0.5) is 0 Å². The van der Waals surface area contributed by atoms with Crippen molar-refractivity contribution in [2.75, 3.05) is 13.1 Å². The average Bonchev–Trinajstić information content (AvgIpc) is 3.09. The van der Waals surface area contributed by atoms with Gasteiger partial charge in [0.25, 0.3) is 0 Å². The SMILES string of the molecule is CCn1nccc1-c1nccnc1[C@@H]1CCCN(C(=O)C(C)(C)C)C1. The molecule has 1 amide bonds. The summed E-state index contributed by atoms with van der Waals surface area (Å²) in [6, 6.07) is 1.98. The van der Waals surface area contributed by atoms with Crippen LogP contribution in [0.2, 0.25) is 0 Å². The van der Waals surface area contributed by atoms with E-state index < -0.39 is 0 Å². The van der Waals surface area contributed by atoms with Crippen LogP contribution in [-0.4, -0.2) is 43.6 Å². The number of hydrogen-bond donors (Lipinski definition) is 0. The highest BCUT2D eigenvalue weighted by atomic mass is 16.2. The van der Waals surface area contributed by atoms with Gasteiger partial charge in [-0.2, -0.15) is 5.10 Å². The molecular weight excluding hydrogens is 314 g/mol. The number of likely N-dealkylation sites (tertiary alicyclic amines) is 1. The average molecular weight is 341 g/mol. The van der Waals surface area contributed by atoms with Gasteiger partial charge in [0.2, 0.25) is 5.91 Å². The van der Waals surface area contributed by atoms with Crippen molar-refractivity contribution in [3.8, 4) is 11.4 Å². The Morgan fingerprint density at radius 1 is 1.24 bits per heavy atom. The Labute approximate surface area is 149 Å². The third-order valence-electron chi connectivity index (χ3n) is 4.72. The van der Waals surface area contributed by atoms with E-state index in [-0.39, 0.29) is 17.2 Å². The number of nitrogens with zero attached hydrogens (tertiary/aromatic N) is 5. The molecule has 3 heterocycles. The van der Waals surface area contributed by atoms with E-state index in [4.69, 9.17) is 0 Å². The second-order valence-electron chi connectivity index (χ2n) is 7.66. The summed E-state index contributed by atoms with van der Waals surface area (Å²) in [7, 11) is 0. The molecule has 2 aromatic rings. The van der Waals surface area contributed by atoms with Crippen molar-refractivity contribution < 1.29 is 4.79 Å². The number of carbonyl (C=O) groups is 1. The molecule has 25 heavy (non-hydrogen) atoms.